The average molecular weight is 257 g/mol. The van der Waals surface area contributed by atoms with Crippen LogP contribution in [0.4, 0.5) is 9.59 Å². The van der Waals surface area contributed by atoms with E-state index in [0.29, 0.717) is 25.6 Å². The van der Waals surface area contributed by atoms with E-state index >= 15 is 0 Å². The topological polar surface area (TPSA) is 79.5 Å². The Bertz CT molecular complexity index is 265. The quantitative estimate of drug-likeness (QED) is 0.626. The number of carbonyl (C=O) groups excluding carboxylic acids is 2. The third kappa shape index (κ3) is 6.32. The Labute approximate surface area is 108 Å². The molecule has 0 aromatic heterocycles. The van der Waals surface area contributed by atoms with Gasteiger partial charge in [0.1, 0.15) is 0 Å². The van der Waals surface area contributed by atoms with Crippen molar-refractivity contribution in [2.24, 2.45) is 5.92 Å². The summed E-state index contributed by atoms with van der Waals surface area (Å²) in [5.74, 6) is 0.633. The van der Waals surface area contributed by atoms with Gasteiger partial charge in [-0.1, -0.05) is 12.8 Å². The molecule has 0 aromatic carbocycles. The number of rotatable bonds is 6. The lowest BCUT2D eigenvalue weighted by Crippen LogP contribution is -2.41. The molecule has 0 heterocycles. The van der Waals surface area contributed by atoms with Gasteiger partial charge in [-0.2, -0.15) is 0 Å². The molecule has 6 nitrogen and oxygen atoms in total. The van der Waals surface area contributed by atoms with Gasteiger partial charge in [0.05, 0.1) is 6.61 Å². The first-order chi connectivity index (χ1) is 8.72. The highest BCUT2D eigenvalue weighted by molar-refractivity contribution is 5.73. The Morgan fingerprint density at radius 3 is 2.44 bits per heavy atom. The van der Waals surface area contributed by atoms with E-state index < -0.39 is 6.09 Å². The molecule has 0 aliphatic heterocycles. The molecule has 0 atom stereocenters. The number of alkyl carbamates (subject to hydrolysis) is 1. The van der Waals surface area contributed by atoms with E-state index in [4.69, 9.17) is 0 Å². The number of carbonyl (C=O) groups is 2. The second kappa shape index (κ2) is 8.60. The summed E-state index contributed by atoms with van der Waals surface area (Å²) < 4.78 is 4.69. The van der Waals surface area contributed by atoms with E-state index in [1.54, 1.807) is 6.92 Å². The van der Waals surface area contributed by atoms with Crippen molar-refractivity contribution in [3.8, 4) is 0 Å². The van der Waals surface area contributed by atoms with Gasteiger partial charge in [-0.05, 0) is 25.7 Å². The second-order valence-corrected chi connectivity index (χ2v) is 4.43. The van der Waals surface area contributed by atoms with E-state index in [-0.39, 0.29) is 6.03 Å². The summed E-state index contributed by atoms with van der Waals surface area (Å²) in [6.07, 6.45) is 4.52. The number of urea groups is 1. The number of amides is 3. The zero-order chi connectivity index (χ0) is 13.2. The molecular weight excluding hydrogens is 234 g/mol. The average Bonchev–Trinajstić information content (AvgIpc) is 2.85. The van der Waals surface area contributed by atoms with Crippen LogP contribution in [0.1, 0.15) is 32.6 Å². The van der Waals surface area contributed by atoms with Gasteiger partial charge in [-0.3, -0.25) is 0 Å². The minimum Gasteiger partial charge on any atom is -0.450 e. The second-order valence-electron chi connectivity index (χ2n) is 4.43. The maximum absolute atomic E-state index is 11.4. The smallest absolute Gasteiger partial charge is 0.407 e. The maximum Gasteiger partial charge on any atom is 0.407 e. The molecular formula is C12H23N3O3. The molecule has 0 bridgehead atoms. The van der Waals surface area contributed by atoms with Gasteiger partial charge in [-0.15, -0.1) is 0 Å². The van der Waals surface area contributed by atoms with Gasteiger partial charge >= 0.3 is 12.1 Å². The predicted molar refractivity (Wildman–Crippen MR) is 68.4 cm³/mol. The third-order valence-electron chi connectivity index (χ3n) is 2.98. The van der Waals surface area contributed by atoms with Crippen LogP contribution in [0, 0.1) is 5.92 Å². The SMILES string of the molecule is CCOC(=O)NCCNC(=O)NCC1CCCC1. The van der Waals surface area contributed by atoms with Crippen LogP contribution in [-0.4, -0.2) is 38.4 Å². The number of hydrogen-bond acceptors (Lipinski definition) is 3. The lowest BCUT2D eigenvalue weighted by Gasteiger charge is -2.11. The summed E-state index contributed by atoms with van der Waals surface area (Å²) in [6, 6.07) is -0.174. The van der Waals surface area contributed by atoms with Crippen molar-refractivity contribution in [3.63, 3.8) is 0 Å². The summed E-state index contributed by atoms with van der Waals surface area (Å²) in [4.78, 5) is 22.3. The zero-order valence-electron chi connectivity index (χ0n) is 11.0. The fourth-order valence-corrected chi connectivity index (χ4v) is 2.04. The van der Waals surface area contributed by atoms with Crippen LogP contribution in [-0.2, 0) is 4.74 Å². The molecule has 1 saturated carbocycles. The van der Waals surface area contributed by atoms with Crippen molar-refractivity contribution in [1.29, 1.82) is 0 Å². The standard InChI is InChI=1S/C12H23N3O3/c1-2-18-12(17)14-8-7-13-11(16)15-9-10-5-3-4-6-10/h10H,2-9H2,1H3,(H,14,17)(H2,13,15,16). The lowest BCUT2D eigenvalue weighted by molar-refractivity contribution is 0.152. The van der Waals surface area contributed by atoms with Gasteiger partial charge < -0.3 is 20.7 Å². The Kier molecular flexibility index (Phi) is 6.98. The molecule has 3 N–H and O–H groups in total. The molecule has 1 fully saturated rings. The van der Waals surface area contributed by atoms with E-state index in [2.05, 4.69) is 20.7 Å². The molecule has 104 valence electrons. The van der Waals surface area contributed by atoms with Gasteiger partial charge in [-0.25, -0.2) is 9.59 Å². The molecule has 0 radical (unpaired) electrons. The normalized spacial score (nSPS) is 15.2. The van der Waals surface area contributed by atoms with Gasteiger partial charge in [0, 0.05) is 19.6 Å². The minimum atomic E-state index is -0.453. The van der Waals surface area contributed by atoms with Gasteiger partial charge in [0.15, 0.2) is 0 Å². The zero-order valence-corrected chi connectivity index (χ0v) is 11.0. The largest absolute Gasteiger partial charge is 0.450 e. The molecule has 3 amide bonds. The maximum atomic E-state index is 11.4. The predicted octanol–water partition coefficient (Wildman–Crippen LogP) is 1.22. The van der Waals surface area contributed by atoms with E-state index in [9.17, 15) is 9.59 Å². The van der Waals surface area contributed by atoms with Crippen LogP contribution < -0.4 is 16.0 Å². The van der Waals surface area contributed by atoms with E-state index in [1.807, 2.05) is 0 Å². The highest BCUT2D eigenvalue weighted by Gasteiger charge is 2.15. The molecule has 1 aliphatic carbocycles. The number of ether oxygens (including phenoxy) is 1. The fraction of sp³-hybridized carbons (Fsp3) is 0.833. The summed E-state index contributed by atoms with van der Waals surface area (Å²) in [5.41, 5.74) is 0. The molecule has 0 aromatic rings. The van der Waals surface area contributed by atoms with Crippen molar-refractivity contribution >= 4 is 12.1 Å². The fourth-order valence-electron chi connectivity index (χ4n) is 2.04. The van der Waals surface area contributed by atoms with Gasteiger partial charge in [0.2, 0.25) is 0 Å². The van der Waals surface area contributed by atoms with E-state index in [1.165, 1.54) is 25.7 Å². The molecule has 0 spiro atoms. The summed E-state index contributed by atoms with van der Waals surface area (Å²) in [6.45, 7) is 3.61. The number of nitrogens with one attached hydrogen (secondary N) is 3. The highest BCUT2D eigenvalue weighted by atomic mass is 16.5. The van der Waals surface area contributed by atoms with E-state index in [0.717, 1.165) is 6.54 Å². The van der Waals surface area contributed by atoms with Crippen molar-refractivity contribution in [2.45, 2.75) is 32.6 Å². The summed E-state index contributed by atoms with van der Waals surface area (Å²) >= 11 is 0. The first-order valence-corrected chi connectivity index (χ1v) is 6.64. The van der Waals surface area contributed by atoms with Crippen molar-refractivity contribution < 1.29 is 14.3 Å². The van der Waals surface area contributed by atoms with Crippen LogP contribution >= 0.6 is 0 Å². The van der Waals surface area contributed by atoms with Crippen molar-refractivity contribution in [1.82, 2.24) is 16.0 Å². The van der Waals surface area contributed by atoms with Crippen molar-refractivity contribution in [3.05, 3.63) is 0 Å². The van der Waals surface area contributed by atoms with Crippen LogP contribution in [0.2, 0.25) is 0 Å². The van der Waals surface area contributed by atoms with Crippen LogP contribution in [0.15, 0.2) is 0 Å². The van der Waals surface area contributed by atoms with Crippen LogP contribution in [0.5, 0.6) is 0 Å². The Morgan fingerprint density at radius 1 is 1.11 bits per heavy atom. The Hall–Kier alpha value is -1.46. The van der Waals surface area contributed by atoms with Gasteiger partial charge in [0.25, 0.3) is 0 Å². The van der Waals surface area contributed by atoms with Crippen LogP contribution in [0.25, 0.3) is 0 Å². The molecule has 6 heteroatoms. The highest BCUT2D eigenvalue weighted by Crippen LogP contribution is 2.23. The minimum absolute atomic E-state index is 0.174. The van der Waals surface area contributed by atoms with Crippen LogP contribution in [0.3, 0.4) is 0 Å². The molecule has 0 unspecified atom stereocenters. The summed E-state index contributed by atoms with van der Waals surface area (Å²) in [5, 5.41) is 8.06. The lowest BCUT2D eigenvalue weighted by atomic mass is 10.1. The van der Waals surface area contributed by atoms with Crippen molar-refractivity contribution in [2.75, 3.05) is 26.2 Å². The Morgan fingerprint density at radius 2 is 1.78 bits per heavy atom. The third-order valence-corrected chi connectivity index (χ3v) is 2.98. The molecule has 1 rings (SSSR count). The first kappa shape index (κ1) is 14.6. The molecule has 1 aliphatic rings. The molecule has 0 saturated heterocycles. The summed E-state index contributed by atoms with van der Waals surface area (Å²) in [7, 11) is 0. The number of hydrogen-bond donors (Lipinski definition) is 3. The Balaban J connectivity index is 1.94. The monoisotopic (exact) mass is 257 g/mol. The first-order valence-electron chi connectivity index (χ1n) is 6.64. The molecule has 18 heavy (non-hydrogen) atoms.